The summed E-state index contributed by atoms with van der Waals surface area (Å²) in [6, 6.07) is 7.47. The summed E-state index contributed by atoms with van der Waals surface area (Å²) in [4.78, 5) is 48.2. The molecule has 2 fully saturated rings. The van der Waals surface area contributed by atoms with Crippen molar-refractivity contribution in [3.8, 4) is 0 Å². The number of carbonyl (C=O) groups excluding carboxylic acids is 4. The summed E-state index contributed by atoms with van der Waals surface area (Å²) in [6.45, 7) is 1.91. The number of fused-ring (bicyclic) bond motifs is 3. The van der Waals surface area contributed by atoms with Gasteiger partial charge in [0.15, 0.2) is 0 Å². The van der Waals surface area contributed by atoms with E-state index in [9.17, 15) is 19.2 Å². The lowest BCUT2D eigenvalue weighted by Crippen LogP contribution is -2.43. The van der Waals surface area contributed by atoms with E-state index in [0.29, 0.717) is 6.42 Å². The molecule has 1 heterocycles. The molecular weight excluding hydrogens is 296 g/mol. The van der Waals surface area contributed by atoms with E-state index in [1.54, 1.807) is 0 Å². The molecule has 2 aliphatic carbocycles. The van der Waals surface area contributed by atoms with Crippen LogP contribution in [0.3, 0.4) is 0 Å². The highest BCUT2D eigenvalue weighted by atomic mass is 16.6. The van der Waals surface area contributed by atoms with Crippen molar-refractivity contribution in [3.05, 3.63) is 35.4 Å². The van der Waals surface area contributed by atoms with Crippen molar-refractivity contribution in [2.45, 2.75) is 37.5 Å². The number of esters is 2. The maximum absolute atomic E-state index is 12.3. The molecule has 0 N–H and O–H groups in total. The fourth-order valence-electron chi connectivity index (χ4n) is 4.59. The molecule has 1 saturated carbocycles. The standard InChI is InChI=1S/C18H16O5/c1-18(12-6-15(21)23-17(12)22)8-10-13(19)7-14(20)16(10)9-4-2-3-5-11(9)18/h2-5,10,12,16H,6-8H2,1H3. The maximum atomic E-state index is 12.3. The molecular formula is C18H16O5. The zero-order valence-electron chi connectivity index (χ0n) is 12.7. The number of cyclic esters (lactones) is 2. The van der Waals surface area contributed by atoms with Gasteiger partial charge in [-0.05, 0) is 17.5 Å². The normalized spacial score (nSPS) is 36.0. The minimum absolute atomic E-state index is 0.0309. The van der Waals surface area contributed by atoms with Crippen LogP contribution in [0.5, 0.6) is 0 Å². The van der Waals surface area contributed by atoms with Crippen LogP contribution < -0.4 is 0 Å². The van der Waals surface area contributed by atoms with Crippen molar-refractivity contribution in [2.24, 2.45) is 11.8 Å². The monoisotopic (exact) mass is 312 g/mol. The summed E-state index contributed by atoms with van der Waals surface area (Å²) < 4.78 is 4.74. The van der Waals surface area contributed by atoms with Crippen molar-refractivity contribution in [2.75, 3.05) is 0 Å². The van der Waals surface area contributed by atoms with Gasteiger partial charge in [0.2, 0.25) is 0 Å². The Hall–Kier alpha value is -2.30. The second-order valence-electron chi connectivity index (χ2n) is 6.95. The minimum Gasteiger partial charge on any atom is -0.393 e. The lowest BCUT2D eigenvalue weighted by Gasteiger charge is -2.43. The molecule has 0 aromatic heterocycles. The molecule has 0 amide bonds. The van der Waals surface area contributed by atoms with Crippen molar-refractivity contribution in [3.63, 3.8) is 0 Å². The van der Waals surface area contributed by atoms with Crippen LogP contribution in [-0.2, 0) is 29.3 Å². The van der Waals surface area contributed by atoms with Crippen LogP contribution in [-0.4, -0.2) is 23.5 Å². The first kappa shape index (κ1) is 14.3. The highest BCUT2D eigenvalue weighted by molar-refractivity contribution is 6.11. The quantitative estimate of drug-likeness (QED) is 0.582. The molecule has 1 aliphatic heterocycles. The van der Waals surface area contributed by atoms with Gasteiger partial charge in [0.1, 0.15) is 11.6 Å². The number of rotatable bonds is 1. The third-order valence-corrected chi connectivity index (χ3v) is 5.71. The van der Waals surface area contributed by atoms with Gasteiger partial charge < -0.3 is 4.74 Å². The number of hydrogen-bond donors (Lipinski definition) is 0. The Morgan fingerprint density at radius 3 is 2.52 bits per heavy atom. The third kappa shape index (κ3) is 1.85. The van der Waals surface area contributed by atoms with E-state index in [1.165, 1.54) is 0 Å². The fourth-order valence-corrected chi connectivity index (χ4v) is 4.59. The Kier molecular flexibility index (Phi) is 2.86. The smallest absolute Gasteiger partial charge is 0.318 e. The summed E-state index contributed by atoms with van der Waals surface area (Å²) >= 11 is 0. The number of ketones is 2. The Labute approximate surface area is 133 Å². The van der Waals surface area contributed by atoms with Crippen LogP contribution in [0.15, 0.2) is 24.3 Å². The van der Waals surface area contributed by atoms with Gasteiger partial charge in [-0.15, -0.1) is 0 Å². The molecule has 0 radical (unpaired) electrons. The second-order valence-corrected chi connectivity index (χ2v) is 6.95. The van der Waals surface area contributed by atoms with Crippen molar-refractivity contribution in [1.29, 1.82) is 0 Å². The van der Waals surface area contributed by atoms with Crippen LogP contribution in [0.4, 0.5) is 0 Å². The number of carbonyl (C=O) groups is 4. The topological polar surface area (TPSA) is 77.5 Å². The molecule has 1 aromatic rings. The van der Waals surface area contributed by atoms with Crippen LogP contribution >= 0.6 is 0 Å². The molecule has 0 spiro atoms. The molecule has 3 aliphatic rings. The number of benzene rings is 1. The van der Waals surface area contributed by atoms with Crippen molar-refractivity contribution < 1.29 is 23.9 Å². The Morgan fingerprint density at radius 1 is 1.09 bits per heavy atom. The van der Waals surface area contributed by atoms with Gasteiger partial charge in [-0.3, -0.25) is 19.2 Å². The van der Waals surface area contributed by atoms with E-state index in [0.717, 1.165) is 11.1 Å². The molecule has 5 heteroatoms. The van der Waals surface area contributed by atoms with Crippen molar-refractivity contribution in [1.82, 2.24) is 0 Å². The SMILES string of the molecule is CC1(C2CC(=O)OC2=O)CC2C(=O)CC(=O)C2c2ccccc21. The highest BCUT2D eigenvalue weighted by Crippen LogP contribution is 2.54. The Bertz CT molecular complexity index is 764. The Balaban J connectivity index is 1.89. The zero-order valence-corrected chi connectivity index (χ0v) is 12.7. The summed E-state index contributed by atoms with van der Waals surface area (Å²) in [5.41, 5.74) is 1.05. The fraction of sp³-hybridized carbons (Fsp3) is 0.444. The first-order chi connectivity index (χ1) is 10.9. The lowest BCUT2D eigenvalue weighted by molar-refractivity contribution is -0.154. The summed E-state index contributed by atoms with van der Waals surface area (Å²) in [6.07, 6.45) is 0.406. The van der Waals surface area contributed by atoms with Gasteiger partial charge >= 0.3 is 11.9 Å². The van der Waals surface area contributed by atoms with Gasteiger partial charge in [0, 0.05) is 11.3 Å². The maximum Gasteiger partial charge on any atom is 0.318 e. The molecule has 118 valence electrons. The molecule has 5 nitrogen and oxygen atoms in total. The molecule has 23 heavy (non-hydrogen) atoms. The predicted octanol–water partition coefficient (Wildman–Crippen LogP) is 1.68. The average molecular weight is 312 g/mol. The lowest BCUT2D eigenvalue weighted by atomic mass is 9.58. The van der Waals surface area contributed by atoms with Crippen LogP contribution in [0.25, 0.3) is 0 Å². The van der Waals surface area contributed by atoms with Gasteiger partial charge in [0.25, 0.3) is 0 Å². The van der Waals surface area contributed by atoms with Gasteiger partial charge in [0.05, 0.1) is 24.7 Å². The molecule has 1 aromatic carbocycles. The van der Waals surface area contributed by atoms with Gasteiger partial charge in [-0.25, -0.2) is 0 Å². The van der Waals surface area contributed by atoms with Crippen LogP contribution in [0.1, 0.15) is 43.2 Å². The zero-order chi connectivity index (χ0) is 16.4. The summed E-state index contributed by atoms with van der Waals surface area (Å²) in [7, 11) is 0. The van der Waals surface area contributed by atoms with Crippen LogP contribution in [0.2, 0.25) is 0 Å². The van der Waals surface area contributed by atoms with Gasteiger partial charge in [-0.1, -0.05) is 31.2 Å². The molecule has 4 unspecified atom stereocenters. The van der Waals surface area contributed by atoms with Crippen LogP contribution in [0, 0.1) is 11.8 Å². The average Bonchev–Trinajstić information content (AvgIpc) is 2.99. The molecule has 1 saturated heterocycles. The molecule has 4 atom stereocenters. The van der Waals surface area contributed by atoms with E-state index in [-0.39, 0.29) is 24.4 Å². The number of hydrogen-bond acceptors (Lipinski definition) is 5. The summed E-state index contributed by atoms with van der Waals surface area (Å²) in [5.74, 6) is -2.54. The first-order valence-corrected chi connectivity index (χ1v) is 7.81. The second kappa shape index (κ2) is 4.60. The van der Waals surface area contributed by atoms with E-state index in [1.807, 2.05) is 31.2 Å². The van der Waals surface area contributed by atoms with Gasteiger partial charge in [-0.2, -0.15) is 0 Å². The van der Waals surface area contributed by atoms with E-state index in [2.05, 4.69) is 0 Å². The van der Waals surface area contributed by atoms with E-state index < -0.39 is 35.1 Å². The highest BCUT2D eigenvalue weighted by Gasteiger charge is 2.57. The number of ether oxygens (including phenoxy) is 1. The predicted molar refractivity (Wildman–Crippen MR) is 78.5 cm³/mol. The first-order valence-electron chi connectivity index (χ1n) is 7.81. The number of Topliss-reactive ketones (excluding diaryl/α,β-unsaturated/α-hetero) is 2. The molecule has 0 bridgehead atoms. The summed E-state index contributed by atoms with van der Waals surface area (Å²) in [5, 5.41) is 0. The largest absolute Gasteiger partial charge is 0.393 e. The minimum atomic E-state index is -0.665. The van der Waals surface area contributed by atoms with E-state index in [4.69, 9.17) is 4.74 Å². The third-order valence-electron chi connectivity index (χ3n) is 5.71. The molecule has 4 rings (SSSR count). The van der Waals surface area contributed by atoms with Crippen molar-refractivity contribution >= 4 is 23.5 Å². The Morgan fingerprint density at radius 2 is 1.83 bits per heavy atom. The van der Waals surface area contributed by atoms with E-state index >= 15 is 0 Å².